The Morgan fingerprint density at radius 1 is 1.36 bits per heavy atom. The van der Waals surface area contributed by atoms with Crippen LogP contribution in [0.5, 0.6) is 0 Å². The van der Waals surface area contributed by atoms with Crippen molar-refractivity contribution in [1.82, 2.24) is 10.3 Å². The fourth-order valence-corrected chi connectivity index (χ4v) is 2.54. The number of hydrogen-bond acceptors (Lipinski definition) is 5. The van der Waals surface area contributed by atoms with Gasteiger partial charge in [-0.25, -0.2) is 9.78 Å². The number of halogens is 1. The van der Waals surface area contributed by atoms with Gasteiger partial charge >= 0.3 is 5.97 Å². The molecule has 0 bridgehead atoms. The van der Waals surface area contributed by atoms with Gasteiger partial charge in [-0.05, 0) is 25.5 Å². The Kier molecular flexibility index (Phi) is 6.20. The van der Waals surface area contributed by atoms with Crippen molar-refractivity contribution in [2.45, 2.75) is 38.6 Å². The number of ether oxygens (including phenoxy) is 1. The van der Waals surface area contributed by atoms with Crippen LogP contribution in [0.15, 0.2) is 34.9 Å². The van der Waals surface area contributed by atoms with Gasteiger partial charge in [-0.2, -0.15) is 0 Å². The van der Waals surface area contributed by atoms with Gasteiger partial charge in [0.1, 0.15) is 5.54 Å². The van der Waals surface area contributed by atoms with E-state index in [0.717, 1.165) is 5.56 Å². The number of oxazole rings is 1. The van der Waals surface area contributed by atoms with Crippen molar-refractivity contribution in [3.63, 3.8) is 0 Å². The SMILES string of the molecule is CCC(C)(NC(=O)CCc1ncc(-c2ccccc2Cl)o1)C(=O)OC. The standard InChI is InChI=1S/C18H21ClN2O4/c1-4-18(2,17(23)24-3)21-15(22)9-10-16-20-11-14(25-16)12-7-5-6-8-13(12)19/h5-8,11H,4,9-10H2,1-3H3,(H,21,22). The smallest absolute Gasteiger partial charge is 0.331 e. The lowest BCUT2D eigenvalue weighted by atomic mass is 9.99. The molecule has 134 valence electrons. The molecule has 0 fully saturated rings. The molecule has 0 aliphatic heterocycles. The van der Waals surface area contributed by atoms with Crippen LogP contribution in [-0.2, 0) is 20.7 Å². The summed E-state index contributed by atoms with van der Waals surface area (Å²) in [4.78, 5) is 28.1. The molecule has 0 spiro atoms. The molecule has 2 rings (SSSR count). The van der Waals surface area contributed by atoms with Crippen LogP contribution >= 0.6 is 11.6 Å². The van der Waals surface area contributed by atoms with E-state index in [9.17, 15) is 9.59 Å². The molecule has 25 heavy (non-hydrogen) atoms. The van der Waals surface area contributed by atoms with Gasteiger partial charge in [0.2, 0.25) is 5.91 Å². The highest BCUT2D eigenvalue weighted by atomic mass is 35.5. The Morgan fingerprint density at radius 2 is 2.08 bits per heavy atom. The van der Waals surface area contributed by atoms with Gasteiger partial charge in [0.25, 0.3) is 0 Å². The molecule has 6 nitrogen and oxygen atoms in total. The van der Waals surface area contributed by atoms with Crippen molar-refractivity contribution >= 4 is 23.5 Å². The Balaban J connectivity index is 1.97. The summed E-state index contributed by atoms with van der Waals surface area (Å²) in [6.45, 7) is 3.44. The average Bonchev–Trinajstić information content (AvgIpc) is 3.08. The largest absolute Gasteiger partial charge is 0.467 e. The molecule has 1 heterocycles. The molecule has 7 heteroatoms. The zero-order valence-electron chi connectivity index (χ0n) is 14.5. The molecule has 1 atom stereocenters. The van der Waals surface area contributed by atoms with E-state index in [1.165, 1.54) is 7.11 Å². The van der Waals surface area contributed by atoms with Crippen molar-refractivity contribution in [1.29, 1.82) is 0 Å². The monoisotopic (exact) mass is 364 g/mol. The number of methoxy groups -OCH3 is 1. The van der Waals surface area contributed by atoms with E-state index in [-0.39, 0.29) is 12.3 Å². The summed E-state index contributed by atoms with van der Waals surface area (Å²) in [7, 11) is 1.30. The minimum absolute atomic E-state index is 0.148. The minimum Gasteiger partial charge on any atom is -0.467 e. The number of amides is 1. The lowest BCUT2D eigenvalue weighted by Gasteiger charge is -2.26. The molecule has 0 radical (unpaired) electrons. The maximum absolute atomic E-state index is 12.1. The first-order valence-electron chi connectivity index (χ1n) is 7.98. The summed E-state index contributed by atoms with van der Waals surface area (Å²) in [6.07, 6.45) is 2.48. The van der Waals surface area contributed by atoms with Crippen LogP contribution in [0, 0.1) is 0 Å². The summed E-state index contributed by atoms with van der Waals surface area (Å²) in [5, 5.41) is 3.28. The second-order valence-corrected chi connectivity index (χ2v) is 6.23. The van der Waals surface area contributed by atoms with Crippen molar-refractivity contribution in [3.05, 3.63) is 41.4 Å². The maximum Gasteiger partial charge on any atom is 0.331 e. The van der Waals surface area contributed by atoms with Crippen molar-refractivity contribution in [2.24, 2.45) is 0 Å². The average molecular weight is 365 g/mol. The van der Waals surface area contributed by atoms with Crippen molar-refractivity contribution < 1.29 is 18.7 Å². The fraction of sp³-hybridized carbons (Fsp3) is 0.389. The quantitative estimate of drug-likeness (QED) is 0.761. The molecule has 1 aromatic carbocycles. The van der Waals surface area contributed by atoms with E-state index < -0.39 is 11.5 Å². The third kappa shape index (κ3) is 4.60. The first kappa shape index (κ1) is 19.0. The van der Waals surface area contributed by atoms with E-state index in [0.29, 0.717) is 29.5 Å². The summed E-state index contributed by atoms with van der Waals surface area (Å²) in [6, 6.07) is 7.29. The summed E-state index contributed by atoms with van der Waals surface area (Å²) in [5.41, 5.74) is -0.290. The predicted octanol–water partition coefficient (Wildman–Crippen LogP) is 3.39. The van der Waals surface area contributed by atoms with Gasteiger partial charge in [-0.3, -0.25) is 4.79 Å². The van der Waals surface area contributed by atoms with E-state index in [2.05, 4.69) is 10.3 Å². The van der Waals surface area contributed by atoms with E-state index in [4.69, 9.17) is 20.8 Å². The Hall–Kier alpha value is -2.34. The number of carbonyl (C=O) groups is 2. The third-order valence-corrected chi connectivity index (χ3v) is 4.35. The van der Waals surface area contributed by atoms with Crippen molar-refractivity contribution in [2.75, 3.05) is 7.11 Å². The molecule has 1 amide bonds. The number of carbonyl (C=O) groups excluding carboxylic acids is 2. The van der Waals surface area contributed by atoms with Crippen LogP contribution in [0.4, 0.5) is 0 Å². The first-order chi connectivity index (χ1) is 11.9. The minimum atomic E-state index is -1.04. The topological polar surface area (TPSA) is 81.4 Å². The number of hydrogen-bond donors (Lipinski definition) is 1. The molecule has 0 aliphatic rings. The number of benzene rings is 1. The number of nitrogens with one attached hydrogen (secondary N) is 1. The van der Waals surface area contributed by atoms with Gasteiger partial charge in [0.15, 0.2) is 11.7 Å². The summed E-state index contributed by atoms with van der Waals surface area (Å²) >= 11 is 6.13. The number of esters is 1. The zero-order chi connectivity index (χ0) is 18.4. The first-order valence-corrected chi connectivity index (χ1v) is 8.36. The van der Waals surface area contributed by atoms with Crippen LogP contribution < -0.4 is 5.32 Å². The summed E-state index contributed by atoms with van der Waals surface area (Å²) < 4.78 is 10.4. The molecule has 1 unspecified atom stereocenters. The fourth-order valence-electron chi connectivity index (χ4n) is 2.31. The molecule has 1 aromatic heterocycles. The summed E-state index contributed by atoms with van der Waals surface area (Å²) in [5.74, 6) is 0.239. The van der Waals surface area contributed by atoms with Gasteiger partial charge in [-0.15, -0.1) is 0 Å². The number of aromatic nitrogens is 1. The van der Waals surface area contributed by atoms with Crippen molar-refractivity contribution in [3.8, 4) is 11.3 Å². The Bertz CT molecular complexity index is 759. The van der Waals surface area contributed by atoms with E-state index in [1.54, 1.807) is 26.1 Å². The Labute approximate surface area is 151 Å². The molecule has 1 N–H and O–H groups in total. The van der Waals surface area contributed by atoms with Gasteiger partial charge < -0.3 is 14.5 Å². The van der Waals surface area contributed by atoms with Crippen LogP contribution in [0.1, 0.15) is 32.6 Å². The number of aryl methyl sites for hydroxylation is 1. The number of nitrogens with zero attached hydrogens (tertiary/aromatic N) is 1. The highest BCUT2D eigenvalue weighted by Crippen LogP contribution is 2.28. The van der Waals surface area contributed by atoms with Crippen LogP contribution in [-0.4, -0.2) is 29.5 Å². The Morgan fingerprint density at radius 3 is 2.72 bits per heavy atom. The second kappa shape index (κ2) is 8.16. The predicted molar refractivity (Wildman–Crippen MR) is 94.1 cm³/mol. The number of rotatable bonds is 7. The zero-order valence-corrected chi connectivity index (χ0v) is 15.2. The van der Waals surface area contributed by atoms with Gasteiger partial charge in [0, 0.05) is 18.4 Å². The lowest BCUT2D eigenvalue weighted by molar-refractivity contribution is -0.150. The molecule has 0 saturated heterocycles. The molecule has 0 aliphatic carbocycles. The van der Waals surface area contributed by atoms with E-state index in [1.807, 2.05) is 18.2 Å². The normalized spacial score (nSPS) is 13.1. The molecule has 2 aromatic rings. The maximum atomic E-state index is 12.1. The lowest BCUT2D eigenvalue weighted by Crippen LogP contribution is -2.52. The van der Waals surface area contributed by atoms with Crippen LogP contribution in [0.2, 0.25) is 5.02 Å². The highest BCUT2D eigenvalue weighted by molar-refractivity contribution is 6.33. The molecular weight excluding hydrogens is 344 g/mol. The molecular formula is C18H21ClN2O4. The highest BCUT2D eigenvalue weighted by Gasteiger charge is 2.33. The van der Waals surface area contributed by atoms with Crippen LogP contribution in [0.3, 0.4) is 0 Å². The third-order valence-electron chi connectivity index (χ3n) is 4.02. The van der Waals surface area contributed by atoms with Gasteiger partial charge in [0.05, 0.1) is 18.3 Å². The van der Waals surface area contributed by atoms with E-state index >= 15 is 0 Å². The van der Waals surface area contributed by atoms with Gasteiger partial charge in [-0.1, -0.05) is 30.7 Å². The molecule has 0 saturated carbocycles. The van der Waals surface area contributed by atoms with Crippen LogP contribution in [0.25, 0.3) is 11.3 Å². The second-order valence-electron chi connectivity index (χ2n) is 5.82.